The van der Waals surface area contributed by atoms with Gasteiger partial charge in [-0.25, -0.2) is 4.98 Å². The zero-order valence-corrected chi connectivity index (χ0v) is 21.4. The molecule has 0 radical (unpaired) electrons. The molecule has 2 aliphatic rings. The molecule has 2 N–H and O–H groups in total. The molecule has 0 unspecified atom stereocenters. The van der Waals surface area contributed by atoms with Crippen molar-refractivity contribution >= 4 is 57.9 Å². The first kappa shape index (κ1) is 23.7. The molecule has 2 aromatic carbocycles. The van der Waals surface area contributed by atoms with Crippen LogP contribution in [0.5, 0.6) is 0 Å². The molecular formula is C25H27Cl2N7O. The van der Waals surface area contributed by atoms with Crippen LogP contribution in [0, 0.1) is 0 Å². The number of carbonyl (C=O) groups is 1. The topological polar surface area (TPSA) is 76.6 Å². The molecule has 1 saturated heterocycles. The number of aromatic nitrogens is 2. The van der Waals surface area contributed by atoms with E-state index in [1.807, 2.05) is 24.1 Å². The Labute approximate surface area is 214 Å². The summed E-state index contributed by atoms with van der Waals surface area (Å²) in [6, 6.07) is 13.4. The number of rotatable bonds is 4. The van der Waals surface area contributed by atoms with Crippen LogP contribution in [0.2, 0.25) is 10.0 Å². The van der Waals surface area contributed by atoms with Crippen LogP contribution in [-0.4, -0.2) is 54.8 Å². The average molecular weight is 512 g/mol. The number of benzene rings is 2. The Hall–Kier alpha value is -3.07. The number of amides is 1. The van der Waals surface area contributed by atoms with Crippen LogP contribution in [-0.2, 0) is 0 Å². The average Bonchev–Trinajstić information content (AvgIpc) is 2.82. The van der Waals surface area contributed by atoms with Crippen LogP contribution in [0.4, 0.5) is 28.8 Å². The van der Waals surface area contributed by atoms with Crippen molar-refractivity contribution in [2.45, 2.75) is 19.4 Å². The van der Waals surface area contributed by atoms with E-state index in [9.17, 15) is 4.79 Å². The lowest BCUT2D eigenvalue weighted by Crippen LogP contribution is -2.57. The molecule has 182 valence electrons. The van der Waals surface area contributed by atoms with Crippen molar-refractivity contribution in [1.29, 1.82) is 0 Å². The Morgan fingerprint density at radius 1 is 1.09 bits per heavy atom. The largest absolute Gasteiger partial charge is 0.368 e. The highest BCUT2D eigenvalue weighted by Crippen LogP contribution is 2.37. The van der Waals surface area contributed by atoms with Crippen molar-refractivity contribution in [3.8, 4) is 0 Å². The molecule has 10 heteroatoms. The first-order valence-corrected chi connectivity index (χ1v) is 12.2. The van der Waals surface area contributed by atoms with Gasteiger partial charge in [-0.1, -0.05) is 29.3 Å². The van der Waals surface area contributed by atoms with E-state index in [1.165, 1.54) is 11.9 Å². The zero-order chi connectivity index (χ0) is 24.7. The van der Waals surface area contributed by atoms with Crippen molar-refractivity contribution in [3.05, 3.63) is 64.3 Å². The Bertz CT molecular complexity index is 1240. The molecule has 3 aromatic rings. The van der Waals surface area contributed by atoms with E-state index in [1.54, 1.807) is 23.1 Å². The minimum atomic E-state index is -0.247. The predicted octanol–water partition coefficient (Wildman–Crippen LogP) is 4.77. The highest BCUT2D eigenvalue weighted by molar-refractivity contribution is 6.40. The highest BCUT2D eigenvalue weighted by atomic mass is 35.5. The van der Waals surface area contributed by atoms with Gasteiger partial charge in [0.1, 0.15) is 11.4 Å². The number of para-hydroxylation sites is 1. The lowest BCUT2D eigenvalue weighted by molar-refractivity contribution is 0.0982. The summed E-state index contributed by atoms with van der Waals surface area (Å²) in [6.07, 6.45) is 1.54. The number of anilines is 5. The molecule has 0 saturated carbocycles. The molecule has 1 amide bonds. The first-order chi connectivity index (χ1) is 16.7. The van der Waals surface area contributed by atoms with Gasteiger partial charge in [-0.15, -0.1) is 0 Å². The maximum atomic E-state index is 13.2. The SMILES string of the molecule is CN1CN(c2c(Cl)cccc2Cl)C(=O)c2cnc(Nc3ccc(N4CCNC(C)(C)C4)cc3)nc21. The van der Waals surface area contributed by atoms with E-state index in [4.69, 9.17) is 23.2 Å². The van der Waals surface area contributed by atoms with E-state index in [0.29, 0.717) is 33.1 Å². The summed E-state index contributed by atoms with van der Waals surface area (Å²) in [6.45, 7) is 7.58. The van der Waals surface area contributed by atoms with Crippen molar-refractivity contribution in [1.82, 2.24) is 15.3 Å². The minimum absolute atomic E-state index is 0.0857. The first-order valence-electron chi connectivity index (χ1n) is 11.4. The standard InChI is InChI=1S/C25H27Cl2N7O/c1-25(2)14-33(12-11-29-25)17-9-7-16(8-10-17)30-24-28-13-18-22(31-24)32(3)15-34(23(18)35)21-19(26)5-4-6-20(21)27/h4-10,13,29H,11-12,14-15H2,1-3H3,(H,28,30,31). The maximum Gasteiger partial charge on any atom is 0.265 e. The third-order valence-electron chi connectivity index (χ3n) is 6.23. The van der Waals surface area contributed by atoms with Gasteiger partial charge in [-0.2, -0.15) is 4.98 Å². The fourth-order valence-electron chi connectivity index (χ4n) is 4.53. The van der Waals surface area contributed by atoms with Gasteiger partial charge in [0.2, 0.25) is 5.95 Å². The number of hydrogen-bond acceptors (Lipinski definition) is 7. The summed E-state index contributed by atoms with van der Waals surface area (Å²) in [5.74, 6) is 0.721. The number of nitrogens with zero attached hydrogens (tertiary/aromatic N) is 5. The summed E-state index contributed by atoms with van der Waals surface area (Å²) in [5.41, 5.74) is 3.01. The smallest absolute Gasteiger partial charge is 0.265 e. The third kappa shape index (κ3) is 4.74. The van der Waals surface area contributed by atoms with Crippen molar-refractivity contribution in [2.75, 3.05) is 53.4 Å². The molecular weight excluding hydrogens is 485 g/mol. The summed E-state index contributed by atoms with van der Waals surface area (Å²) in [5, 5.41) is 7.61. The Morgan fingerprint density at radius 2 is 1.80 bits per heavy atom. The molecule has 8 nitrogen and oxygen atoms in total. The van der Waals surface area contributed by atoms with Crippen molar-refractivity contribution in [2.24, 2.45) is 0 Å². The van der Waals surface area contributed by atoms with Crippen LogP contribution in [0.3, 0.4) is 0 Å². The molecule has 2 aliphatic heterocycles. The van der Waals surface area contributed by atoms with Crippen LogP contribution in [0.25, 0.3) is 0 Å². The van der Waals surface area contributed by atoms with E-state index in [0.717, 1.165) is 25.3 Å². The maximum absolute atomic E-state index is 13.2. The van der Waals surface area contributed by atoms with Crippen molar-refractivity contribution in [3.63, 3.8) is 0 Å². The molecule has 0 atom stereocenters. The monoisotopic (exact) mass is 511 g/mol. The lowest BCUT2D eigenvalue weighted by atomic mass is 10.0. The van der Waals surface area contributed by atoms with Gasteiger partial charge in [-0.05, 0) is 50.2 Å². The second-order valence-corrected chi connectivity index (χ2v) is 10.3. The molecule has 0 bridgehead atoms. The molecule has 35 heavy (non-hydrogen) atoms. The Kier molecular flexibility index (Phi) is 6.21. The van der Waals surface area contributed by atoms with Gasteiger partial charge < -0.3 is 20.4 Å². The van der Waals surface area contributed by atoms with E-state index < -0.39 is 0 Å². The minimum Gasteiger partial charge on any atom is -0.368 e. The van der Waals surface area contributed by atoms with Gasteiger partial charge >= 0.3 is 0 Å². The molecule has 5 rings (SSSR count). The van der Waals surface area contributed by atoms with Gasteiger partial charge in [0.05, 0.1) is 22.4 Å². The summed E-state index contributed by atoms with van der Waals surface area (Å²) in [4.78, 5) is 28.1. The normalized spacial score (nSPS) is 17.4. The quantitative estimate of drug-likeness (QED) is 0.522. The second kappa shape index (κ2) is 9.18. The zero-order valence-electron chi connectivity index (χ0n) is 19.8. The van der Waals surface area contributed by atoms with E-state index >= 15 is 0 Å². The predicted molar refractivity (Wildman–Crippen MR) is 143 cm³/mol. The number of halogens is 2. The number of fused-ring (bicyclic) bond motifs is 1. The third-order valence-corrected chi connectivity index (χ3v) is 6.84. The van der Waals surface area contributed by atoms with Crippen LogP contribution in [0.15, 0.2) is 48.7 Å². The molecule has 0 aliphatic carbocycles. The Balaban J connectivity index is 1.34. The van der Waals surface area contributed by atoms with Gasteiger partial charge in [-0.3, -0.25) is 9.69 Å². The van der Waals surface area contributed by atoms with Crippen molar-refractivity contribution < 1.29 is 4.79 Å². The Morgan fingerprint density at radius 3 is 2.49 bits per heavy atom. The summed E-state index contributed by atoms with van der Waals surface area (Å²) in [7, 11) is 1.86. The molecule has 0 spiro atoms. The van der Waals surface area contributed by atoms with Gasteiger partial charge in [0, 0.05) is 49.8 Å². The van der Waals surface area contributed by atoms with Crippen LogP contribution < -0.4 is 25.3 Å². The summed E-state index contributed by atoms with van der Waals surface area (Å²) >= 11 is 12.7. The van der Waals surface area contributed by atoms with Gasteiger partial charge in [0.15, 0.2) is 0 Å². The molecule has 1 fully saturated rings. The fraction of sp³-hybridized carbons (Fsp3) is 0.320. The van der Waals surface area contributed by atoms with Crippen LogP contribution >= 0.6 is 23.2 Å². The number of piperazine rings is 1. The summed E-state index contributed by atoms with van der Waals surface area (Å²) < 4.78 is 0. The number of carbonyl (C=O) groups excluding carboxylic acids is 1. The van der Waals surface area contributed by atoms with Gasteiger partial charge in [0.25, 0.3) is 5.91 Å². The number of hydrogen-bond donors (Lipinski definition) is 2. The van der Waals surface area contributed by atoms with Crippen LogP contribution in [0.1, 0.15) is 24.2 Å². The number of nitrogens with one attached hydrogen (secondary N) is 2. The molecule has 3 heterocycles. The molecule has 1 aromatic heterocycles. The second-order valence-electron chi connectivity index (χ2n) is 9.48. The fourth-order valence-corrected chi connectivity index (χ4v) is 5.13. The van der Waals surface area contributed by atoms with E-state index in [2.05, 4.69) is 51.5 Å². The lowest BCUT2D eigenvalue weighted by Gasteiger charge is -2.40. The van der Waals surface area contributed by atoms with E-state index in [-0.39, 0.29) is 18.1 Å². The highest BCUT2D eigenvalue weighted by Gasteiger charge is 2.32.